The van der Waals surface area contributed by atoms with Gasteiger partial charge in [0.05, 0.1) is 0 Å². The molecule has 0 radical (unpaired) electrons. The third-order valence-electron chi connectivity index (χ3n) is 3.83. The fourth-order valence-corrected chi connectivity index (χ4v) is 3.01. The van der Waals surface area contributed by atoms with Gasteiger partial charge in [-0.05, 0) is 13.8 Å². The van der Waals surface area contributed by atoms with Crippen LogP contribution in [0.25, 0.3) is 0 Å². The molecule has 1 aliphatic rings. The largest absolute Gasteiger partial charge is 0.364 e. The van der Waals surface area contributed by atoms with E-state index in [0.717, 1.165) is 23.6 Å². The topological polar surface area (TPSA) is 71.9 Å². The first-order chi connectivity index (χ1) is 10.5. The molecule has 2 rings (SSSR count). The lowest BCUT2D eigenvalue weighted by molar-refractivity contribution is -0.936. The third kappa shape index (κ3) is 4.05. The number of hydrogen-bond acceptors (Lipinski definition) is 3. The van der Waals surface area contributed by atoms with Crippen molar-refractivity contribution in [3.8, 4) is 0 Å². The Morgan fingerprint density at radius 1 is 1.18 bits per heavy atom. The second-order valence-corrected chi connectivity index (χ2v) is 5.74. The van der Waals surface area contributed by atoms with Crippen molar-refractivity contribution >= 4 is 11.9 Å². The molecule has 0 saturated carbocycles. The second kappa shape index (κ2) is 7.38. The Bertz CT molecular complexity index is 511. The molecule has 6 heteroatoms. The van der Waals surface area contributed by atoms with Crippen molar-refractivity contribution in [2.24, 2.45) is 0 Å². The van der Waals surface area contributed by atoms with Crippen LogP contribution in [-0.4, -0.2) is 44.3 Å². The van der Waals surface area contributed by atoms with E-state index in [2.05, 4.69) is 10.6 Å². The number of benzene rings is 1. The Hall–Kier alpha value is -1.92. The number of nitrogens with one attached hydrogen (secondary N) is 3. The molecule has 3 N–H and O–H groups in total. The maximum Gasteiger partial charge on any atom is 0.321 e. The summed E-state index contributed by atoms with van der Waals surface area (Å²) < 4.78 is 5.75. The summed E-state index contributed by atoms with van der Waals surface area (Å²) in [4.78, 5) is 25.2. The van der Waals surface area contributed by atoms with Gasteiger partial charge in [0.15, 0.2) is 6.04 Å². The Labute approximate surface area is 130 Å². The number of carbonyl (C=O) groups is 2. The molecule has 1 heterocycles. The first kappa shape index (κ1) is 16.5. The standard InChI is InChI=1S/C16H23N3O3/c1-11-9-19(10-12(2)22-11)14(13-7-5-4-6-8-13)15(20)18-16(21)17-3/h4-8,11-12,14H,9-10H2,1-3H3,(H2,17,18,20,21)/p+1/t11-,12-,14+/m1/s1. The lowest BCUT2D eigenvalue weighted by Gasteiger charge is -2.36. The number of rotatable bonds is 3. The number of urea groups is 1. The molecule has 1 fully saturated rings. The average Bonchev–Trinajstić information content (AvgIpc) is 2.47. The summed E-state index contributed by atoms with van der Waals surface area (Å²) in [5.41, 5.74) is 0.903. The highest BCUT2D eigenvalue weighted by molar-refractivity contribution is 5.96. The van der Waals surface area contributed by atoms with Crippen molar-refractivity contribution in [2.45, 2.75) is 32.1 Å². The summed E-state index contributed by atoms with van der Waals surface area (Å²) in [7, 11) is 1.49. The van der Waals surface area contributed by atoms with Crippen LogP contribution >= 0.6 is 0 Å². The highest BCUT2D eigenvalue weighted by Gasteiger charge is 2.37. The van der Waals surface area contributed by atoms with Gasteiger partial charge in [-0.1, -0.05) is 30.3 Å². The normalized spacial score (nSPS) is 26.0. The summed E-state index contributed by atoms with van der Waals surface area (Å²) in [5.74, 6) is -0.290. The molecule has 120 valence electrons. The average molecular weight is 306 g/mol. The van der Waals surface area contributed by atoms with Gasteiger partial charge >= 0.3 is 6.03 Å². The second-order valence-electron chi connectivity index (χ2n) is 5.74. The zero-order valence-corrected chi connectivity index (χ0v) is 13.3. The molecule has 1 aromatic carbocycles. The number of amides is 3. The maximum atomic E-state index is 12.6. The highest BCUT2D eigenvalue weighted by Crippen LogP contribution is 2.12. The fourth-order valence-electron chi connectivity index (χ4n) is 3.01. The molecule has 3 atom stereocenters. The van der Waals surface area contributed by atoms with Gasteiger partial charge in [0.2, 0.25) is 0 Å². The van der Waals surface area contributed by atoms with E-state index in [1.807, 2.05) is 44.2 Å². The van der Waals surface area contributed by atoms with Crippen molar-refractivity contribution < 1.29 is 19.2 Å². The number of morpholine rings is 1. The number of carbonyl (C=O) groups excluding carboxylic acids is 2. The van der Waals surface area contributed by atoms with E-state index in [9.17, 15) is 9.59 Å². The van der Waals surface area contributed by atoms with E-state index < -0.39 is 12.1 Å². The van der Waals surface area contributed by atoms with Crippen LogP contribution < -0.4 is 15.5 Å². The van der Waals surface area contributed by atoms with Crippen LogP contribution in [0, 0.1) is 0 Å². The molecule has 1 aromatic rings. The van der Waals surface area contributed by atoms with Gasteiger partial charge in [-0.3, -0.25) is 10.1 Å². The van der Waals surface area contributed by atoms with Crippen LogP contribution in [0.5, 0.6) is 0 Å². The van der Waals surface area contributed by atoms with Crippen molar-refractivity contribution in [3.05, 3.63) is 35.9 Å². The van der Waals surface area contributed by atoms with Gasteiger partial charge in [0.1, 0.15) is 25.3 Å². The Morgan fingerprint density at radius 3 is 2.32 bits per heavy atom. The summed E-state index contributed by atoms with van der Waals surface area (Å²) >= 11 is 0. The van der Waals surface area contributed by atoms with Crippen LogP contribution in [0.4, 0.5) is 4.79 Å². The molecular formula is C16H24N3O3+. The SMILES string of the molecule is CNC(=O)NC(=O)[C@H](c1ccccc1)[NH+]1C[C@@H](C)O[C@H](C)C1. The van der Waals surface area contributed by atoms with E-state index in [0.29, 0.717) is 0 Å². The smallest absolute Gasteiger partial charge is 0.321 e. The molecule has 22 heavy (non-hydrogen) atoms. The summed E-state index contributed by atoms with van der Waals surface area (Å²) in [6.07, 6.45) is 0.163. The molecule has 3 amide bonds. The van der Waals surface area contributed by atoms with E-state index in [4.69, 9.17) is 4.74 Å². The minimum absolute atomic E-state index is 0.0813. The van der Waals surface area contributed by atoms with E-state index in [1.54, 1.807) is 0 Å². The van der Waals surface area contributed by atoms with Crippen LogP contribution in [0.2, 0.25) is 0 Å². The van der Waals surface area contributed by atoms with Gasteiger partial charge in [0, 0.05) is 12.6 Å². The molecule has 0 bridgehead atoms. The zero-order valence-electron chi connectivity index (χ0n) is 13.3. The van der Waals surface area contributed by atoms with Crippen molar-refractivity contribution in [1.82, 2.24) is 10.6 Å². The van der Waals surface area contributed by atoms with Gasteiger partial charge in [-0.2, -0.15) is 0 Å². The molecule has 0 spiro atoms. The van der Waals surface area contributed by atoms with Gasteiger partial charge in [-0.25, -0.2) is 4.79 Å². The molecule has 1 aliphatic heterocycles. The molecule has 0 aliphatic carbocycles. The third-order valence-corrected chi connectivity index (χ3v) is 3.83. The Morgan fingerprint density at radius 2 is 1.77 bits per heavy atom. The number of ether oxygens (including phenoxy) is 1. The van der Waals surface area contributed by atoms with E-state index >= 15 is 0 Å². The minimum atomic E-state index is -0.486. The number of quaternary nitrogens is 1. The Kier molecular flexibility index (Phi) is 5.51. The van der Waals surface area contributed by atoms with Crippen LogP contribution in [0.3, 0.4) is 0 Å². The van der Waals surface area contributed by atoms with E-state index in [-0.39, 0.29) is 18.1 Å². The quantitative estimate of drug-likeness (QED) is 0.729. The number of imide groups is 1. The van der Waals surface area contributed by atoms with Crippen LogP contribution in [0.1, 0.15) is 25.5 Å². The fraction of sp³-hybridized carbons (Fsp3) is 0.500. The van der Waals surface area contributed by atoms with E-state index in [1.165, 1.54) is 7.05 Å². The first-order valence-corrected chi connectivity index (χ1v) is 7.58. The lowest BCUT2D eigenvalue weighted by Crippen LogP contribution is -3.16. The predicted octanol–water partition coefficient (Wildman–Crippen LogP) is -0.125. The van der Waals surface area contributed by atoms with Gasteiger partial charge in [-0.15, -0.1) is 0 Å². The van der Waals surface area contributed by atoms with Crippen molar-refractivity contribution in [1.29, 1.82) is 0 Å². The monoisotopic (exact) mass is 306 g/mol. The lowest BCUT2D eigenvalue weighted by atomic mass is 10.0. The molecule has 0 aromatic heterocycles. The number of hydrogen-bond donors (Lipinski definition) is 3. The molecular weight excluding hydrogens is 282 g/mol. The van der Waals surface area contributed by atoms with Gasteiger partial charge < -0.3 is 15.0 Å². The van der Waals surface area contributed by atoms with Crippen LogP contribution in [0.15, 0.2) is 30.3 Å². The Balaban J connectivity index is 2.25. The maximum absolute atomic E-state index is 12.6. The molecule has 6 nitrogen and oxygen atoms in total. The first-order valence-electron chi connectivity index (χ1n) is 7.58. The van der Waals surface area contributed by atoms with Crippen molar-refractivity contribution in [2.75, 3.05) is 20.1 Å². The minimum Gasteiger partial charge on any atom is -0.364 e. The molecule has 0 unspecified atom stereocenters. The zero-order chi connectivity index (χ0) is 16.1. The van der Waals surface area contributed by atoms with Crippen LogP contribution in [-0.2, 0) is 9.53 Å². The summed E-state index contributed by atoms with van der Waals surface area (Å²) in [6, 6.07) is 8.66. The summed E-state index contributed by atoms with van der Waals surface area (Å²) in [6.45, 7) is 5.47. The van der Waals surface area contributed by atoms with Gasteiger partial charge in [0.25, 0.3) is 5.91 Å². The molecule has 1 saturated heterocycles. The summed E-state index contributed by atoms with van der Waals surface area (Å²) in [5, 5.41) is 4.82. The highest BCUT2D eigenvalue weighted by atomic mass is 16.5. The van der Waals surface area contributed by atoms with Crippen molar-refractivity contribution in [3.63, 3.8) is 0 Å². The predicted molar refractivity (Wildman–Crippen MR) is 82.5 cm³/mol.